The van der Waals surface area contributed by atoms with Crippen molar-refractivity contribution >= 4 is 5.91 Å². The van der Waals surface area contributed by atoms with Crippen LogP contribution < -0.4 is 19.5 Å². The number of nitrogens with one attached hydrogen (secondary N) is 1. The van der Waals surface area contributed by atoms with Gasteiger partial charge >= 0.3 is 0 Å². The van der Waals surface area contributed by atoms with Crippen LogP contribution in [0.4, 0.5) is 8.78 Å². The van der Waals surface area contributed by atoms with Crippen molar-refractivity contribution < 1.29 is 27.8 Å². The minimum Gasteiger partial charge on any atom is -0.481 e. The number of hydrogen-bond acceptors (Lipinski definition) is 5. The van der Waals surface area contributed by atoms with Gasteiger partial charge in [0.15, 0.2) is 17.6 Å². The van der Waals surface area contributed by atoms with Crippen LogP contribution in [-0.4, -0.2) is 18.8 Å². The summed E-state index contributed by atoms with van der Waals surface area (Å²) in [6.07, 6.45) is -0.481. The quantitative estimate of drug-likeness (QED) is 0.667. The average molecular weight is 430 g/mol. The highest BCUT2D eigenvalue weighted by molar-refractivity contribution is 5.81. The number of carbonyl (C=O) groups is 1. The van der Waals surface area contributed by atoms with Crippen molar-refractivity contribution in [1.82, 2.24) is 5.32 Å². The Bertz CT molecular complexity index is 996. The lowest BCUT2D eigenvalue weighted by molar-refractivity contribution is -0.128. The summed E-state index contributed by atoms with van der Waals surface area (Å²) in [5.74, 6) is -2.06. The summed E-state index contributed by atoms with van der Waals surface area (Å²) in [5.41, 5.74) is 0.260. The molecule has 1 atom stereocenters. The summed E-state index contributed by atoms with van der Waals surface area (Å²) in [7, 11) is 0. The van der Waals surface area contributed by atoms with Crippen LogP contribution >= 0.6 is 0 Å². The maximum atomic E-state index is 13.9. The van der Waals surface area contributed by atoms with E-state index in [2.05, 4.69) is 5.32 Å². The first-order valence-electron chi connectivity index (χ1n) is 9.92. The van der Waals surface area contributed by atoms with Crippen molar-refractivity contribution in [2.45, 2.75) is 45.8 Å². The Morgan fingerprint density at radius 3 is 2.65 bits per heavy atom. The Kier molecular flexibility index (Phi) is 6.64. The smallest absolute Gasteiger partial charge is 0.271 e. The minimum absolute atomic E-state index is 0.111. The summed E-state index contributed by atoms with van der Waals surface area (Å²) in [4.78, 5) is 12.8. The first-order valence-corrected chi connectivity index (χ1v) is 9.92. The number of amides is 1. The number of halogens is 2. The van der Waals surface area contributed by atoms with Crippen LogP contribution in [0.3, 0.4) is 0 Å². The molecule has 0 saturated heterocycles. The molecule has 0 aromatic heterocycles. The summed E-state index contributed by atoms with van der Waals surface area (Å²) in [6, 6.07) is 11.0. The number of nitrogens with zero attached hydrogens (tertiary/aromatic N) is 1. The van der Waals surface area contributed by atoms with E-state index in [1.54, 1.807) is 18.2 Å². The van der Waals surface area contributed by atoms with E-state index in [1.807, 2.05) is 19.9 Å². The molecule has 2 aromatic rings. The van der Waals surface area contributed by atoms with Gasteiger partial charge in [-0.3, -0.25) is 4.79 Å². The Balaban J connectivity index is 1.72. The van der Waals surface area contributed by atoms with Gasteiger partial charge in [-0.1, -0.05) is 19.9 Å². The van der Waals surface area contributed by atoms with Gasteiger partial charge in [0.1, 0.15) is 5.75 Å². The van der Waals surface area contributed by atoms with E-state index in [-0.39, 0.29) is 36.5 Å². The molecule has 0 spiro atoms. The second-order valence-corrected chi connectivity index (χ2v) is 7.85. The zero-order valence-electron chi connectivity index (χ0n) is 17.6. The second-order valence-electron chi connectivity index (χ2n) is 7.85. The zero-order chi connectivity index (χ0) is 22.6. The molecule has 164 valence electrons. The molecule has 1 amide bonds. The molecular formula is C23H24F2N2O4. The number of benzene rings is 2. The molecule has 0 bridgehead atoms. The third-order valence-corrected chi connectivity index (χ3v) is 4.74. The van der Waals surface area contributed by atoms with Crippen molar-refractivity contribution in [3.8, 4) is 23.3 Å². The molecule has 1 aliphatic heterocycles. The van der Waals surface area contributed by atoms with E-state index < -0.39 is 17.6 Å². The molecule has 0 fully saturated rings. The molecule has 8 heteroatoms. The number of ether oxygens (including phenoxy) is 3. The van der Waals surface area contributed by atoms with Crippen molar-refractivity contribution in [3.63, 3.8) is 0 Å². The number of carbonyl (C=O) groups excluding carboxylic acids is 1. The maximum Gasteiger partial charge on any atom is 0.271 e. The molecule has 0 radical (unpaired) electrons. The second kappa shape index (κ2) is 9.21. The van der Waals surface area contributed by atoms with Crippen molar-refractivity contribution in [2.24, 2.45) is 5.92 Å². The molecular weight excluding hydrogens is 406 g/mol. The van der Waals surface area contributed by atoms with E-state index in [1.165, 1.54) is 12.1 Å². The lowest BCUT2D eigenvalue weighted by Crippen LogP contribution is -2.39. The van der Waals surface area contributed by atoms with Crippen LogP contribution in [0.5, 0.6) is 17.2 Å². The largest absolute Gasteiger partial charge is 0.481 e. The Morgan fingerprint density at radius 1 is 1.23 bits per heavy atom. The number of hydrogen-bond donors (Lipinski definition) is 1. The summed E-state index contributed by atoms with van der Waals surface area (Å²) in [5, 5.41) is 11.9. The van der Waals surface area contributed by atoms with Crippen LogP contribution in [0.25, 0.3) is 0 Å². The van der Waals surface area contributed by atoms with Gasteiger partial charge in [-0.25, -0.2) is 8.78 Å². The highest BCUT2D eigenvalue weighted by atomic mass is 19.3. The Labute approximate surface area is 179 Å². The van der Waals surface area contributed by atoms with Gasteiger partial charge in [0.2, 0.25) is 6.79 Å². The van der Waals surface area contributed by atoms with E-state index >= 15 is 0 Å². The van der Waals surface area contributed by atoms with Gasteiger partial charge in [0, 0.05) is 19.0 Å². The number of rotatable bonds is 8. The van der Waals surface area contributed by atoms with E-state index in [0.717, 1.165) is 18.6 Å². The van der Waals surface area contributed by atoms with Gasteiger partial charge < -0.3 is 19.5 Å². The SMILES string of the molecule is CC(C)CC(Oc1ccc(C#N)c(C(C)(F)F)c1)C(=O)NCc1ccc2c(c1)OCO2. The first-order chi connectivity index (χ1) is 14.7. The molecule has 0 saturated carbocycles. The van der Waals surface area contributed by atoms with Crippen LogP contribution in [-0.2, 0) is 17.3 Å². The lowest BCUT2D eigenvalue weighted by Gasteiger charge is -2.22. The lowest BCUT2D eigenvalue weighted by atomic mass is 10.0. The van der Waals surface area contributed by atoms with E-state index in [0.29, 0.717) is 17.9 Å². The Morgan fingerprint density at radius 2 is 1.97 bits per heavy atom. The first kappa shape index (κ1) is 22.3. The van der Waals surface area contributed by atoms with Crippen molar-refractivity contribution in [3.05, 3.63) is 53.1 Å². The van der Waals surface area contributed by atoms with E-state index in [4.69, 9.17) is 19.5 Å². The molecule has 1 aliphatic rings. The normalized spacial score (nSPS) is 13.6. The summed E-state index contributed by atoms with van der Waals surface area (Å²) in [6.45, 7) is 5.01. The maximum absolute atomic E-state index is 13.9. The van der Waals surface area contributed by atoms with Crippen LogP contribution in [0.1, 0.15) is 43.9 Å². The predicted molar refractivity (Wildman–Crippen MR) is 109 cm³/mol. The monoisotopic (exact) mass is 430 g/mol. The number of fused-ring (bicyclic) bond motifs is 1. The fourth-order valence-electron chi connectivity index (χ4n) is 3.21. The molecule has 31 heavy (non-hydrogen) atoms. The summed E-state index contributed by atoms with van der Waals surface area (Å²) >= 11 is 0. The van der Waals surface area contributed by atoms with Crippen LogP contribution in [0.15, 0.2) is 36.4 Å². The van der Waals surface area contributed by atoms with Gasteiger partial charge in [0.25, 0.3) is 11.8 Å². The molecule has 2 aromatic carbocycles. The molecule has 1 N–H and O–H groups in total. The average Bonchev–Trinajstić information content (AvgIpc) is 3.18. The summed E-state index contributed by atoms with van der Waals surface area (Å²) < 4.78 is 44.2. The zero-order valence-corrected chi connectivity index (χ0v) is 17.6. The third-order valence-electron chi connectivity index (χ3n) is 4.74. The molecule has 1 unspecified atom stereocenters. The molecule has 3 rings (SSSR count). The van der Waals surface area contributed by atoms with Gasteiger partial charge in [-0.2, -0.15) is 5.26 Å². The van der Waals surface area contributed by atoms with Gasteiger partial charge in [0.05, 0.1) is 11.6 Å². The third kappa shape index (κ3) is 5.63. The predicted octanol–water partition coefficient (Wildman–Crippen LogP) is 4.51. The van der Waals surface area contributed by atoms with Crippen LogP contribution in [0, 0.1) is 17.2 Å². The molecule has 6 nitrogen and oxygen atoms in total. The van der Waals surface area contributed by atoms with E-state index in [9.17, 15) is 13.6 Å². The fraction of sp³-hybridized carbons (Fsp3) is 0.391. The minimum atomic E-state index is -3.21. The Hall–Kier alpha value is -3.34. The fourth-order valence-corrected chi connectivity index (χ4v) is 3.21. The highest BCUT2D eigenvalue weighted by Gasteiger charge is 2.29. The van der Waals surface area contributed by atoms with Crippen molar-refractivity contribution in [1.29, 1.82) is 5.26 Å². The van der Waals surface area contributed by atoms with Crippen molar-refractivity contribution in [2.75, 3.05) is 6.79 Å². The standard InChI is InChI=1S/C23H24F2N2O4/c1-14(2)8-21(31-17-6-5-16(11-26)18(10-17)23(3,24)25)22(28)27-12-15-4-7-19-20(9-15)30-13-29-19/h4-7,9-10,14,21H,8,12-13H2,1-3H3,(H,27,28). The van der Waals surface area contributed by atoms with Gasteiger partial charge in [-0.15, -0.1) is 0 Å². The number of nitriles is 1. The van der Waals surface area contributed by atoms with Crippen LogP contribution in [0.2, 0.25) is 0 Å². The molecule has 1 heterocycles. The molecule has 0 aliphatic carbocycles. The number of alkyl halides is 2. The highest BCUT2D eigenvalue weighted by Crippen LogP contribution is 2.34. The van der Waals surface area contributed by atoms with Gasteiger partial charge in [-0.05, 0) is 48.2 Å². The topological polar surface area (TPSA) is 80.6 Å².